The molecule has 0 bridgehead atoms. The summed E-state index contributed by atoms with van der Waals surface area (Å²) in [5.74, 6) is 0.383. The number of thioether (sulfide) groups is 1. The molecule has 2 rings (SSSR count). The minimum absolute atomic E-state index is 0.0219. The Hall–Kier alpha value is -1.44. The van der Waals surface area contributed by atoms with Crippen molar-refractivity contribution in [2.24, 2.45) is 0 Å². The second-order valence-electron chi connectivity index (χ2n) is 4.17. The summed E-state index contributed by atoms with van der Waals surface area (Å²) in [6.45, 7) is 0. The van der Waals surface area contributed by atoms with Gasteiger partial charge in [0.05, 0.1) is 11.4 Å². The van der Waals surface area contributed by atoms with E-state index >= 15 is 0 Å². The molecule has 112 valence electrons. The van der Waals surface area contributed by atoms with Crippen LogP contribution in [0.1, 0.15) is 0 Å². The number of hydrogen-bond donors (Lipinski definition) is 2. The molecule has 21 heavy (non-hydrogen) atoms. The third-order valence-electron chi connectivity index (χ3n) is 2.53. The van der Waals surface area contributed by atoms with Crippen LogP contribution in [0.25, 0.3) is 0 Å². The standard InChI is InChI=1S/C13H14ClN3O2S2/c14-13-9-10(5-6-16-13)17-21(18,19)8-7-20-12-4-2-1-3-11(12)15/h1-6,9H,7-8,15H2,(H,16,17). The van der Waals surface area contributed by atoms with Crippen LogP contribution in [0.5, 0.6) is 0 Å². The van der Waals surface area contributed by atoms with Crippen LogP contribution < -0.4 is 10.5 Å². The van der Waals surface area contributed by atoms with E-state index < -0.39 is 10.0 Å². The van der Waals surface area contributed by atoms with E-state index in [9.17, 15) is 8.42 Å². The third-order valence-corrected chi connectivity index (χ3v) is 5.37. The molecule has 0 aliphatic rings. The molecular weight excluding hydrogens is 330 g/mol. The van der Waals surface area contributed by atoms with Gasteiger partial charge in [-0.3, -0.25) is 4.72 Å². The van der Waals surface area contributed by atoms with Crippen LogP contribution >= 0.6 is 23.4 Å². The summed E-state index contributed by atoms with van der Waals surface area (Å²) in [4.78, 5) is 4.67. The summed E-state index contributed by atoms with van der Waals surface area (Å²) < 4.78 is 26.4. The Kier molecular flexibility index (Phi) is 5.33. The number of halogens is 1. The molecule has 3 N–H and O–H groups in total. The van der Waals surface area contributed by atoms with Crippen LogP contribution in [0.15, 0.2) is 47.5 Å². The zero-order valence-electron chi connectivity index (χ0n) is 11.0. The van der Waals surface area contributed by atoms with E-state index in [4.69, 9.17) is 17.3 Å². The number of sulfonamides is 1. The van der Waals surface area contributed by atoms with Gasteiger partial charge in [-0.15, -0.1) is 11.8 Å². The number of pyridine rings is 1. The molecule has 0 aliphatic heterocycles. The Morgan fingerprint density at radius 1 is 1.29 bits per heavy atom. The first-order chi connectivity index (χ1) is 9.96. The number of benzene rings is 1. The second-order valence-corrected chi connectivity index (χ2v) is 7.54. The molecule has 0 saturated heterocycles. The lowest BCUT2D eigenvalue weighted by Gasteiger charge is -2.08. The van der Waals surface area contributed by atoms with E-state index in [-0.39, 0.29) is 10.9 Å². The van der Waals surface area contributed by atoms with Crippen molar-refractivity contribution in [2.45, 2.75) is 4.90 Å². The number of nitrogens with zero attached hydrogens (tertiary/aromatic N) is 1. The SMILES string of the molecule is Nc1ccccc1SCCS(=O)(=O)Nc1ccnc(Cl)c1. The van der Waals surface area contributed by atoms with Gasteiger partial charge in [-0.05, 0) is 24.3 Å². The van der Waals surface area contributed by atoms with Crippen LogP contribution in [-0.2, 0) is 10.0 Å². The fourth-order valence-electron chi connectivity index (χ4n) is 1.57. The summed E-state index contributed by atoms with van der Waals surface area (Å²) in [5.41, 5.74) is 6.85. The van der Waals surface area contributed by atoms with Gasteiger partial charge in [-0.1, -0.05) is 23.7 Å². The van der Waals surface area contributed by atoms with Gasteiger partial charge in [0.2, 0.25) is 10.0 Å². The number of aromatic nitrogens is 1. The van der Waals surface area contributed by atoms with Crippen molar-refractivity contribution in [1.82, 2.24) is 4.98 Å². The van der Waals surface area contributed by atoms with Crippen LogP contribution in [0.3, 0.4) is 0 Å². The third kappa shape index (κ3) is 5.11. The lowest BCUT2D eigenvalue weighted by molar-refractivity contribution is 0.602. The zero-order chi connectivity index (χ0) is 15.3. The molecule has 5 nitrogen and oxygen atoms in total. The highest BCUT2D eigenvalue weighted by Crippen LogP contribution is 2.24. The number of nitrogens with one attached hydrogen (secondary N) is 1. The Labute approximate surface area is 133 Å². The average molecular weight is 344 g/mol. The molecule has 0 spiro atoms. The van der Waals surface area contributed by atoms with Crippen LogP contribution in [0.2, 0.25) is 5.15 Å². The van der Waals surface area contributed by atoms with Gasteiger partial charge in [-0.25, -0.2) is 13.4 Å². The first kappa shape index (κ1) is 15.9. The van der Waals surface area contributed by atoms with E-state index in [1.54, 1.807) is 12.1 Å². The van der Waals surface area contributed by atoms with Gasteiger partial charge in [0.1, 0.15) is 5.15 Å². The van der Waals surface area contributed by atoms with Gasteiger partial charge >= 0.3 is 0 Å². The number of nitrogens with two attached hydrogens (primary N) is 1. The first-order valence-electron chi connectivity index (χ1n) is 6.06. The molecule has 0 fully saturated rings. The molecule has 1 aromatic heterocycles. The van der Waals surface area contributed by atoms with Crippen molar-refractivity contribution in [3.8, 4) is 0 Å². The highest BCUT2D eigenvalue weighted by Gasteiger charge is 2.11. The Morgan fingerprint density at radius 2 is 2.05 bits per heavy atom. The lowest BCUT2D eigenvalue weighted by atomic mass is 10.3. The topological polar surface area (TPSA) is 85.1 Å². The minimum atomic E-state index is -3.43. The number of anilines is 2. The minimum Gasteiger partial charge on any atom is -0.398 e. The van der Waals surface area contributed by atoms with Crippen LogP contribution in [0, 0.1) is 0 Å². The summed E-state index contributed by atoms with van der Waals surface area (Å²) in [5, 5.41) is 0.238. The van der Waals surface area contributed by atoms with E-state index in [0.29, 0.717) is 17.1 Å². The highest BCUT2D eigenvalue weighted by molar-refractivity contribution is 8.01. The highest BCUT2D eigenvalue weighted by atomic mass is 35.5. The number of hydrogen-bond acceptors (Lipinski definition) is 5. The Balaban J connectivity index is 1.91. The maximum Gasteiger partial charge on any atom is 0.233 e. The van der Waals surface area contributed by atoms with Crippen molar-refractivity contribution in [1.29, 1.82) is 0 Å². The molecule has 0 radical (unpaired) electrons. The molecule has 1 aromatic carbocycles. The van der Waals surface area contributed by atoms with Crippen LogP contribution in [-0.4, -0.2) is 24.9 Å². The van der Waals surface area contributed by atoms with Crippen molar-refractivity contribution >= 4 is 44.8 Å². The van der Waals surface area contributed by atoms with E-state index in [1.807, 2.05) is 18.2 Å². The first-order valence-corrected chi connectivity index (χ1v) is 9.07. The maximum atomic E-state index is 12.0. The average Bonchev–Trinajstić information content (AvgIpc) is 2.40. The van der Waals surface area contributed by atoms with Crippen LogP contribution in [0.4, 0.5) is 11.4 Å². The predicted molar refractivity (Wildman–Crippen MR) is 88.2 cm³/mol. The fourth-order valence-corrected chi connectivity index (χ4v) is 4.17. The molecule has 0 saturated carbocycles. The summed E-state index contributed by atoms with van der Waals surface area (Å²) >= 11 is 7.12. The number of rotatable bonds is 6. The number of nitrogen functional groups attached to an aromatic ring is 1. The normalized spacial score (nSPS) is 11.3. The van der Waals surface area contributed by atoms with Gasteiger partial charge in [0.25, 0.3) is 0 Å². The van der Waals surface area contributed by atoms with Crippen molar-refractivity contribution in [3.05, 3.63) is 47.7 Å². The van der Waals surface area contributed by atoms with Crippen molar-refractivity contribution < 1.29 is 8.42 Å². The summed E-state index contributed by atoms with van der Waals surface area (Å²) in [7, 11) is -3.43. The second kappa shape index (κ2) is 7.02. The maximum absolute atomic E-state index is 12.0. The summed E-state index contributed by atoms with van der Waals surface area (Å²) in [6, 6.07) is 10.4. The zero-order valence-corrected chi connectivity index (χ0v) is 13.4. The fraction of sp³-hybridized carbons (Fsp3) is 0.154. The molecule has 1 heterocycles. The van der Waals surface area contributed by atoms with Gasteiger partial charge in [0, 0.05) is 22.5 Å². The van der Waals surface area contributed by atoms with Crippen molar-refractivity contribution in [2.75, 3.05) is 22.0 Å². The van der Waals surface area contributed by atoms with Gasteiger partial charge in [-0.2, -0.15) is 0 Å². The Bertz CT molecular complexity index is 723. The Morgan fingerprint density at radius 3 is 2.76 bits per heavy atom. The molecular formula is C13H14ClN3O2S2. The monoisotopic (exact) mass is 343 g/mol. The quantitative estimate of drug-likeness (QED) is 0.478. The molecule has 0 aliphatic carbocycles. The van der Waals surface area contributed by atoms with Gasteiger partial charge in [0.15, 0.2) is 0 Å². The van der Waals surface area contributed by atoms with Gasteiger partial charge < -0.3 is 5.73 Å². The largest absolute Gasteiger partial charge is 0.398 e. The van der Waals surface area contributed by atoms with E-state index in [2.05, 4.69) is 9.71 Å². The number of para-hydroxylation sites is 1. The molecule has 0 atom stereocenters. The van der Waals surface area contributed by atoms with E-state index in [1.165, 1.54) is 24.0 Å². The predicted octanol–water partition coefficient (Wildman–Crippen LogP) is 2.85. The smallest absolute Gasteiger partial charge is 0.233 e. The molecule has 0 amide bonds. The molecule has 2 aromatic rings. The molecule has 0 unspecified atom stereocenters. The van der Waals surface area contributed by atoms with Crippen molar-refractivity contribution in [3.63, 3.8) is 0 Å². The summed E-state index contributed by atoms with van der Waals surface area (Å²) in [6.07, 6.45) is 1.44. The lowest BCUT2D eigenvalue weighted by Crippen LogP contribution is -2.18. The molecule has 8 heteroatoms. The van der Waals surface area contributed by atoms with E-state index in [0.717, 1.165) is 4.90 Å².